The van der Waals surface area contributed by atoms with Crippen LogP contribution in [0.15, 0.2) is 41.0 Å². The van der Waals surface area contributed by atoms with Gasteiger partial charge in [0, 0.05) is 49.8 Å². The van der Waals surface area contributed by atoms with E-state index in [0.717, 1.165) is 43.3 Å². The standard InChI is InChI=1S/C27H34N4O2/c1-6-19(3)25-28-21(5)23(17-22-16-18(2)9-10-20(22)4)26(29-25)30-11-13-31(14-12-30)27(32)24-8-7-15-33-24/h7-10,15-16,19H,6,11-14,17H2,1-5H3/t19-/m1/s1. The van der Waals surface area contributed by atoms with Crippen LogP contribution in [-0.2, 0) is 6.42 Å². The maximum Gasteiger partial charge on any atom is 0.289 e. The van der Waals surface area contributed by atoms with Crippen molar-refractivity contribution < 1.29 is 9.21 Å². The smallest absolute Gasteiger partial charge is 0.289 e. The molecule has 0 aliphatic carbocycles. The summed E-state index contributed by atoms with van der Waals surface area (Å²) in [4.78, 5) is 26.9. The Hall–Kier alpha value is -3.15. The van der Waals surface area contributed by atoms with Gasteiger partial charge in [-0.1, -0.05) is 37.6 Å². The summed E-state index contributed by atoms with van der Waals surface area (Å²) >= 11 is 0. The van der Waals surface area contributed by atoms with Crippen molar-refractivity contribution in [1.82, 2.24) is 14.9 Å². The lowest BCUT2D eigenvalue weighted by atomic mass is 9.97. The fourth-order valence-electron chi connectivity index (χ4n) is 4.33. The number of carbonyl (C=O) groups excluding carboxylic acids is 1. The van der Waals surface area contributed by atoms with Crippen molar-refractivity contribution in [2.45, 2.75) is 53.4 Å². The highest BCUT2D eigenvalue weighted by molar-refractivity contribution is 5.91. The number of piperazine rings is 1. The van der Waals surface area contributed by atoms with E-state index < -0.39 is 0 Å². The van der Waals surface area contributed by atoms with Crippen LogP contribution in [0.1, 0.15) is 70.5 Å². The van der Waals surface area contributed by atoms with E-state index in [4.69, 9.17) is 14.4 Å². The molecule has 4 rings (SSSR count). The fraction of sp³-hybridized carbons (Fsp3) is 0.444. The summed E-state index contributed by atoms with van der Waals surface area (Å²) in [7, 11) is 0. The van der Waals surface area contributed by atoms with Crippen LogP contribution in [0.2, 0.25) is 0 Å². The quantitative estimate of drug-likeness (QED) is 0.529. The first kappa shape index (κ1) is 23.0. The molecule has 0 bridgehead atoms. The Balaban J connectivity index is 1.63. The summed E-state index contributed by atoms with van der Waals surface area (Å²) in [5.41, 5.74) is 6.08. The molecular formula is C27H34N4O2. The zero-order valence-corrected chi connectivity index (χ0v) is 20.4. The molecule has 1 amide bonds. The summed E-state index contributed by atoms with van der Waals surface area (Å²) in [6, 6.07) is 10.1. The molecule has 1 aliphatic heterocycles. The number of rotatable bonds is 6. The molecule has 0 spiro atoms. The highest BCUT2D eigenvalue weighted by atomic mass is 16.3. The van der Waals surface area contributed by atoms with Gasteiger partial charge in [0.1, 0.15) is 11.6 Å². The van der Waals surface area contributed by atoms with Gasteiger partial charge < -0.3 is 14.2 Å². The number of amides is 1. The molecule has 0 radical (unpaired) electrons. The highest BCUT2D eigenvalue weighted by Gasteiger charge is 2.27. The number of furan rings is 1. The summed E-state index contributed by atoms with van der Waals surface area (Å²) in [5.74, 6) is 2.58. The maximum absolute atomic E-state index is 12.7. The number of aryl methyl sites for hydroxylation is 3. The minimum Gasteiger partial charge on any atom is -0.459 e. The molecule has 33 heavy (non-hydrogen) atoms. The van der Waals surface area contributed by atoms with Crippen LogP contribution in [-0.4, -0.2) is 47.0 Å². The van der Waals surface area contributed by atoms with E-state index in [1.807, 2.05) is 4.90 Å². The molecule has 1 fully saturated rings. The maximum atomic E-state index is 12.7. The Morgan fingerprint density at radius 2 is 1.85 bits per heavy atom. The topological polar surface area (TPSA) is 62.5 Å². The van der Waals surface area contributed by atoms with Gasteiger partial charge in [-0.3, -0.25) is 4.79 Å². The Morgan fingerprint density at radius 3 is 2.52 bits per heavy atom. The molecule has 6 nitrogen and oxygen atoms in total. The lowest BCUT2D eigenvalue weighted by Gasteiger charge is -2.36. The van der Waals surface area contributed by atoms with E-state index in [-0.39, 0.29) is 5.91 Å². The van der Waals surface area contributed by atoms with Crippen LogP contribution < -0.4 is 4.90 Å². The van der Waals surface area contributed by atoms with Crippen LogP contribution >= 0.6 is 0 Å². The molecule has 2 aromatic heterocycles. The van der Waals surface area contributed by atoms with Crippen LogP contribution in [0.4, 0.5) is 5.82 Å². The van der Waals surface area contributed by atoms with Crippen molar-refractivity contribution in [3.8, 4) is 0 Å². The third kappa shape index (κ3) is 4.95. The third-order valence-electron chi connectivity index (χ3n) is 6.73. The monoisotopic (exact) mass is 446 g/mol. The minimum atomic E-state index is -0.0468. The van der Waals surface area contributed by atoms with Crippen LogP contribution in [0.3, 0.4) is 0 Å². The first-order chi connectivity index (χ1) is 15.9. The van der Waals surface area contributed by atoms with Crippen molar-refractivity contribution in [2.75, 3.05) is 31.1 Å². The summed E-state index contributed by atoms with van der Waals surface area (Å²) in [6.45, 7) is 13.5. The van der Waals surface area contributed by atoms with Crippen molar-refractivity contribution in [3.05, 3.63) is 76.1 Å². The van der Waals surface area contributed by atoms with Crippen molar-refractivity contribution >= 4 is 11.7 Å². The van der Waals surface area contributed by atoms with Gasteiger partial charge in [-0.15, -0.1) is 0 Å². The second kappa shape index (κ2) is 9.77. The third-order valence-corrected chi connectivity index (χ3v) is 6.73. The average molecular weight is 447 g/mol. The molecule has 1 aromatic carbocycles. The van der Waals surface area contributed by atoms with E-state index in [9.17, 15) is 4.79 Å². The number of hydrogen-bond donors (Lipinski definition) is 0. The second-order valence-electron chi connectivity index (χ2n) is 9.14. The summed E-state index contributed by atoms with van der Waals surface area (Å²) in [5, 5.41) is 0. The highest BCUT2D eigenvalue weighted by Crippen LogP contribution is 2.29. The molecule has 1 aliphatic rings. The summed E-state index contributed by atoms with van der Waals surface area (Å²) < 4.78 is 5.31. The van der Waals surface area contributed by atoms with Gasteiger partial charge in [-0.05, 0) is 50.5 Å². The van der Waals surface area contributed by atoms with Crippen molar-refractivity contribution in [2.24, 2.45) is 0 Å². The van der Waals surface area contributed by atoms with E-state index >= 15 is 0 Å². The predicted octanol–water partition coefficient (Wildman–Crippen LogP) is 5.06. The summed E-state index contributed by atoms with van der Waals surface area (Å²) in [6.07, 6.45) is 3.35. The van der Waals surface area contributed by atoms with Crippen LogP contribution in [0.5, 0.6) is 0 Å². The van der Waals surface area contributed by atoms with Gasteiger partial charge in [-0.2, -0.15) is 0 Å². The number of hydrogen-bond acceptors (Lipinski definition) is 5. The van der Waals surface area contributed by atoms with Gasteiger partial charge in [-0.25, -0.2) is 9.97 Å². The van der Waals surface area contributed by atoms with Gasteiger partial charge in [0.15, 0.2) is 5.76 Å². The van der Waals surface area contributed by atoms with E-state index in [1.165, 1.54) is 22.3 Å². The Labute approximate surface area is 196 Å². The molecule has 3 aromatic rings. The SMILES string of the molecule is CC[C@@H](C)c1nc(C)c(Cc2cc(C)ccc2C)c(N2CCN(C(=O)c3ccco3)CC2)n1. The van der Waals surface area contributed by atoms with E-state index in [1.54, 1.807) is 18.4 Å². The molecule has 1 atom stereocenters. The number of anilines is 1. The van der Waals surface area contributed by atoms with E-state index in [2.05, 4.69) is 57.7 Å². The molecule has 6 heteroatoms. The molecule has 1 saturated heterocycles. The van der Waals surface area contributed by atoms with Gasteiger partial charge >= 0.3 is 0 Å². The zero-order chi connectivity index (χ0) is 23.5. The van der Waals surface area contributed by atoms with Gasteiger partial charge in [0.05, 0.1) is 6.26 Å². The largest absolute Gasteiger partial charge is 0.459 e. The van der Waals surface area contributed by atoms with Crippen molar-refractivity contribution in [1.29, 1.82) is 0 Å². The molecule has 174 valence electrons. The molecule has 0 saturated carbocycles. The molecule has 3 heterocycles. The average Bonchev–Trinajstić information content (AvgIpc) is 3.36. The number of aromatic nitrogens is 2. The normalized spacial score (nSPS) is 15.1. The van der Waals surface area contributed by atoms with Gasteiger partial charge in [0.2, 0.25) is 0 Å². The first-order valence-electron chi connectivity index (χ1n) is 11.9. The number of benzene rings is 1. The number of carbonyl (C=O) groups is 1. The molecular weight excluding hydrogens is 412 g/mol. The Morgan fingerprint density at radius 1 is 1.09 bits per heavy atom. The Bertz CT molecular complexity index is 1120. The van der Waals surface area contributed by atoms with Gasteiger partial charge in [0.25, 0.3) is 5.91 Å². The van der Waals surface area contributed by atoms with Crippen LogP contribution in [0.25, 0.3) is 0 Å². The zero-order valence-electron chi connectivity index (χ0n) is 20.4. The lowest BCUT2D eigenvalue weighted by Crippen LogP contribution is -2.49. The molecule has 0 N–H and O–H groups in total. The van der Waals surface area contributed by atoms with Crippen LogP contribution in [0, 0.1) is 20.8 Å². The predicted molar refractivity (Wildman–Crippen MR) is 131 cm³/mol. The Kier molecular flexibility index (Phi) is 6.82. The first-order valence-corrected chi connectivity index (χ1v) is 11.9. The van der Waals surface area contributed by atoms with Crippen molar-refractivity contribution in [3.63, 3.8) is 0 Å². The number of nitrogens with zero attached hydrogens (tertiary/aromatic N) is 4. The minimum absolute atomic E-state index is 0.0468. The second-order valence-corrected chi connectivity index (χ2v) is 9.14. The molecule has 0 unspecified atom stereocenters. The fourth-order valence-corrected chi connectivity index (χ4v) is 4.33. The van der Waals surface area contributed by atoms with E-state index in [0.29, 0.717) is 24.8 Å². The lowest BCUT2D eigenvalue weighted by molar-refractivity contribution is 0.0714.